The molecule has 2 aliphatic rings. The Kier molecular flexibility index (Phi) is 7.77. The predicted molar refractivity (Wildman–Crippen MR) is 258 cm³/mol. The molecule has 0 radical (unpaired) electrons. The Morgan fingerprint density at radius 3 is 1.87 bits per heavy atom. The highest BCUT2D eigenvalue weighted by molar-refractivity contribution is 6.19. The first-order valence-corrected chi connectivity index (χ1v) is 22.1. The molecule has 0 aliphatic heterocycles. The van der Waals surface area contributed by atoms with Crippen LogP contribution < -0.4 is 0 Å². The molecule has 0 spiro atoms. The zero-order valence-electron chi connectivity index (χ0n) is 36.2. The lowest BCUT2D eigenvalue weighted by Gasteiger charge is -2.42. The van der Waals surface area contributed by atoms with E-state index in [2.05, 4.69) is 186 Å². The minimum Gasteiger partial charge on any atom is -0.309 e. The highest BCUT2D eigenvalue weighted by atomic mass is 15.0. The molecular weight excluding hydrogens is 753 g/mol. The molecule has 2 aliphatic carbocycles. The van der Waals surface area contributed by atoms with Gasteiger partial charge in [0.05, 0.1) is 11.0 Å². The molecule has 300 valence electrons. The van der Waals surface area contributed by atoms with Crippen LogP contribution in [0.15, 0.2) is 158 Å². The van der Waals surface area contributed by atoms with Gasteiger partial charge in [-0.15, -0.1) is 0 Å². The molecule has 0 saturated heterocycles. The van der Waals surface area contributed by atoms with Crippen molar-refractivity contribution in [3.05, 3.63) is 180 Å². The highest BCUT2D eigenvalue weighted by Gasteiger charge is 2.39. The summed E-state index contributed by atoms with van der Waals surface area (Å²) in [5, 5.41) is 7.44. The Morgan fingerprint density at radius 1 is 0.419 bits per heavy atom. The Hall–Kier alpha value is -6.91. The van der Waals surface area contributed by atoms with E-state index in [1.165, 1.54) is 78.8 Å². The fourth-order valence-electron chi connectivity index (χ4n) is 10.9. The SMILES string of the molecule is CC1(C)CCC(C)(C)c2cc3c(cc21)c1ccc2ccccc2c1n3-c1ccc2cc(-c3nc(-c4ccccc4)nc(-c4cccc5c4-c4ccccc4C5(C)C)n3)ccc2c1. The molecule has 0 bridgehead atoms. The third-order valence-corrected chi connectivity index (χ3v) is 14.5. The van der Waals surface area contributed by atoms with Crippen molar-refractivity contribution in [2.75, 3.05) is 0 Å². The molecule has 4 heteroatoms. The van der Waals surface area contributed by atoms with Gasteiger partial charge in [-0.05, 0) is 104 Å². The van der Waals surface area contributed by atoms with E-state index < -0.39 is 0 Å². The summed E-state index contributed by atoms with van der Waals surface area (Å²) in [7, 11) is 0. The van der Waals surface area contributed by atoms with Crippen molar-refractivity contribution in [3.8, 4) is 51.0 Å². The molecule has 0 unspecified atom stereocenters. The number of fused-ring (bicyclic) bond motifs is 10. The van der Waals surface area contributed by atoms with Crippen LogP contribution in [0.4, 0.5) is 0 Å². The molecule has 0 fully saturated rings. The third-order valence-electron chi connectivity index (χ3n) is 14.5. The van der Waals surface area contributed by atoms with Gasteiger partial charge in [-0.1, -0.05) is 169 Å². The molecule has 2 aromatic heterocycles. The molecule has 10 aromatic rings. The van der Waals surface area contributed by atoms with Crippen LogP contribution in [0.2, 0.25) is 0 Å². The molecule has 12 rings (SSSR count). The van der Waals surface area contributed by atoms with Crippen LogP contribution in [-0.2, 0) is 16.2 Å². The van der Waals surface area contributed by atoms with E-state index >= 15 is 0 Å². The van der Waals surface area contributed by atoms with Crippen LogP contribution in [0.25, 0.3) is 94.3 Å². The van der Waals surface area contributed by atoms with Gasteiger partial charge in [-0.25, -0.2) is 15.0 Å². The largest absolute Gasteiger partial charge is 0.309 e. The lowest BCUT2D eigenvalue weighted by atomic mass is 9.63. The smallest absolute Gasteiger partial charge is 0.164 e. The summed E-state index contributed by atoms with van der Waals surface area (Å²) in [5.74, 6) is 2.00. The molecule has 4 nitrogen and oxygen atoms in total. The number of hydrogen-bond donors (Lipinski definition) is 0. The van der Waals surface area contributed by atoms with E-state index in [1.807, 2.05) is 18.2 Å². The summed E-state index contributed by atoms with van der Waals surface area (Å²) < 4.78 is 2.53. The average molecular weight is 801 g/mol. The number of hydrogen-bond acceptors (Lipinski definition) is 3. The van der Waals surface area contributed by atoms with Crippen molar-refractivity contribution in [1.29, 1.82) is 0 Å². The lowest BCUT2D eigenvalue weighted by Crippen LogP contribution is -2.33. The van der Waals surface area contributed by atoms with E-state index in [0.717, 1.165) is 33.2 Å². The summed E-state index contributed by atoms with van der Waals surface area (Å²) >= 11 is 0. The summed E-state index contributed by atoms with van der Waals surface area (Å²) in [5.41, 5.74) is 14.8. The van der Waals surface area contributed by atoms with Gasteiger partial charge in [0.25, 0.3) is 0 Å². The first-order valence-electron chi connectivity index (χ1n) is 22.1. The monoisotopic (exact) mass is 800 g/mol. The zero-order chi connectivity index (χ0) is 42.1. The van der Waals surface area contributed by atoms with Crippen LogP contribution in [-0.4, -0.2) is 19.5 Å². The van der Waals surface area contributed by atoms with E-state index in [1.54, 1.807) is 0 Å². The number of aromatic nitrogens is 4. The quantitative estimate of drug-likeness (QED) is 0.178. The maximum atomic E-state index is 5.29. The molecule has 0 amide bonds. The Bertz CT molecular complexity index is 3500. The van der Waals surface area contributed by atoms with E-state index in [9.17, 15) is 0 Å². The predicted octanol–water partition coefficient (Wildman–Crippen LogP) is 14.9. The van der Waals surface area contributed by atoms with Crippen molar-refractivity contribution in [3.63, 3.8) is 0 Å². The molecule has 0 N–H and O–H groups in total. The highest BCUT2D eigenvalue weighted by Crippen LogP contribution is 2.52. The van der Waals surface area contributed by atoms with Crippen molar-refractivity contribution in [2.24, 2.45) is 0 Å². The summed E-state index contributed by atoms with van der Waals surface area (Å²) in [4.78, 5) is 15.6. The van der Waals surface area contributed by atoms with Crippen molar-refractivity contribution in [2.45, 2.75) is 70.6 Å². The van der Waals surface area contributed by atoms with Crippen LogP contribution in [0.1, 0.15) is 76.6 Å². The zero-order valence-corrected chi connectivity index (χ0v) is 36.2. The van der Waals surface area contributed by atoms with Gasteiger partial charge in [0, 0.05) is 44.0 Å². The van der Waals surface area contributed by atoms with Crippen LogP contribution in [0, 0.1) is 0 Å². The fraction of sp³-hybridized carbons (Fsp3) is 0.190. The maximum absolute atomic E-state index is 5.29. The second-order valence-corrected chi connectivity index (χ2v) is 19.5. The van der Waals surface area contributed by atoms with Crippen molar-refractivity contribution >= 4 is 43.4 Å². The third kappa shape index (κ3) is 5.42. The molecule has 2 heterocycles. The van der Waals surface area contributed by atoms with Crippen molar-refractivity contribution < 1.29 is 0 Å². The van der Waals surface area contributed by atoms with E-state index in [0.29, 0.717) is 17.5 Å². The Labute approximate surface area is 363 Å². The van der Waals surface area contributed by atoms with E-state index in [4.69, 9.17) is 15.0 Å². The number of rotatable bonds is 4. The molecule has 0 atom stereocenters. The number of benzene rings is 8. The van der Waals surface area contributed by atoms with Gasteiger partial charge in [0.15, 0.2) is 17.5 Å². The topological polar surface area (TPSA) is 43.6 Å². The first kappa shape index (κ1) is 36.9. The normalized spacial score (nSPS) is 15.8. The van der Waals surface area contributed by atoms with Crippen LogP contribution >= 0.6 is 0 Å². The van der Waals surface area contributed by atoms with Gasteiger partial charge in [0.2, 0.25) is 0 Å². The number of nitrogens with zero attached hydrogens (tertiary/aromatic N) is 4. The van der Waals surface area contributed by atoms with E-state index in [-0.39, 0.29) is 16.2 Å². The molecular formula is C58H48N4. The van der Waals surface area contributed by atoms with Crippen LogP contribution in [0.3, 0.4) is 0 Å². The first-order chi connectivity index (χ1) is 30.0. The second-order valence-electron chi connectivity index (χ2n) is 19.5. The van der Waals surface area contributed by atoms with Gasteiger partial charge in [0.1, 0.15) is 0 Å². The van der Waals surface area contributed by atoms with Gasteiger partial charge >= 0.3 is 0 Å². The van der Waals surface area contributed by atoms with Gasteiger partial charge in [-0.3, -0.25) is 0 Å². The van der Waals surface area contributed by atoms with Gasteiger partial charge in [-0.2, -0.15) is 0 Å². The fourth-order valence-corrected chi connectivity index (χ4v) is 10.9. The summed E-state index contributed by atoms with van der Waals surface area (Å²) in [6.07, 6.45) is 2.36. The Morgan fingerprint density at radius 2 is 1.05 bits per heavy atom. The summed E-state index contributed by atoms with van der Waals surface area (Å²) in [6.45, 7) is 14.3. The van der Waals surface area contributed by atoms with Crippen molar-refractivity contribution in [1.82, 2.24) is 19.5 Å². The second kappa shape index (κ2) is 13.0. The Balaban J connectivity index is 1.04. The summed E-state index contributed by atoms with van der Waals surface area (Å²) in [6, 6.07) is 57.7. The maximum Gasteiger partial charge on any atom is 0.164 e. The minimum atomic E-state index is -0.128. The minimum absolute atomic E-state index is 0.0963. The molecule has 0 saturated carbocycles. The van der Waals surface area contributed by atoms with Gasteiger partial charge < -0.3 is 4.57 Å². The van der Waals surface area contributed by atoms with Crippen LogP contribution in [0.5, 0.6) is 0 Å². The molecule has 62 heavy (non-hydrogen) atoms. The molecule has 8 aromatic carbocycles. The average Bonchev–Trinajstić information content (AvgIpc) is 3.75. The lowest BCUT2D eigenvalue weighted by molar-refractivity contribution is 0.332. The standard InChI is InChI=1S/C58H48N4/c1-56(2)29-30-57(3,4)49-34-50-45(33-48(49)56)42-28-26-35-15-10-11-18-41(35)52(42)62(50)40-27-25-37-31-39(24-23-38(37)32-40)54-59-53(36-16-8-7-9-17-36)60-55(61-54)44-20-14-22-47-51(44)43-19-12-13-21-46(43)58(47,5)6/h7-28,31-34H,29-30H2,1-6H3.